The molecule has 1 aromatic carbocycles. The number of nitriles is 1. The Morgan fingerprint density at radius 2 is 2.17 bits per heavy atom. The number of aromatic amines is 1. The number of hydrogen-bond donors (Lipinski definition) is 2. The summed E-state index contributed by atoms with van der Waals surface area (Å²) in [5, 5.41) is 13.1. The van der Waals surface area contributed by atoms with Gasteiger partial charge in [-0.15, -0.1) is 0 Å². The van der Waals surface area contributed by atoms with E-state index in [-0.39, 0.29) is 5.57 Å². The van der Waals surface area contributed by atoms with Crippen LogP contribution >= 0.6 is 0 Å². The second kappa shape index (κ2) is 6.88. The summed E-state index contributed by atoms with van der Waals surface area (Å²) in [4.78, 5) is 15.3. The molecule has 24 heavy (non-hydrogen) atoms. The Morgan fingerprint density at radius 1 is 1.33 bits per heavy atom. The highest BCUT2D eigenvalue weighted by Gasteiger charge is 2.10. The lowest BCUT2D eigenvalue weighted by molar-refractivity contribution is -0.117. The zero-order chi connectivity index (χ0) is 16.9. The largest absolute Gasteiger partial charge is 0.462 e. The lowest BCUT2D eigenvalue weighted by Crippen LogP contribution is -2.26. The van der Waals surface area contributed by atoms with Gasteiger partial charge in [-0.25, -0.2) is 0 Å². The molecule has 0 aliphatic heterocycles. The van der Waals surface area contributed by atoms with Crippen molar-refractivity contribution in [3.05, 3.63) is 65.3 Å². The monoisotopic (exact) mass is 319 g/mol. The van der Waals surface area contributed by atoms with E-state index in [9.17, 15) is 4.79 Å². The molecule has 5 nitrogen and oxygen atoms in total. The minimum Gasteiger partial charge on any atom is -0.462 e. The third-order valence-corrected chi connectivity index (χ3v) is 3.77. The van der Waals surface area contributed by atoms with Crippen LogP contribution in [0.4, 0.5) is 0 Å². The van der Waals surface area contributed by atoms with E-state index in [2.05, 4.69) is 10.3 Å². The van der Waals surface area contributed by atoms with Crippen molar-refractivity contribution in [2.75, 3.05) is 6.54 Å². The Balaban J connectivity index is 1.62. The highest BCUT2D eigenvalue weighted by Crippen LogP contribution is 2.17. The van der Waals surface area contributed by atoms with E-state index in [1.165, 1.54) is 6.08 Å². The van der Waals surface area contributed by atoms with Gasteiger partial charge in [0.1, 0.15) is 23.2 Å². The fraction of sp³-hybridized carbons (Fsp3) is 0.158. The number of carbonyl (C=O) groups excluding carboxylic acids is 1. The average Bonchev–Trinajstić information content (AvgIpc) is 3.19. The van der Waals surface area contributed by atoms with Crippen molar-refractivity contribution in [2.45, 2.75) is 13.3 Å². The van der Waals surface area contributed by atoms with Gasteiger partial charge < -0.3 is 14.7 Å². The smallest absolute Gasteiger partial charge is 0.262 e. The van der Waals surface area contributed by atoms with Crippen LogP contribution < -0.4 is 5.32 Å². The minimum atomic E-state index is -0.397. The van der Waals surface area contributed by atoms with Crippen LogP contribution in [0, 0.1) is 18.3 Å². The van der Waals surface area contributed by atoms with Crippen molar-refractivity contribution in [1.29, 1.82) is 5.26 Å². The van der Waals surface area contributed by atoms with Crippen LogP contribution in [0.25, 0.3) is 17.0 Å². The molecule has 2 heterocycles. The third-order valence-electron chi connectivity index (χ3n) is 3.77. The fourth-order valence-electron chi connectivity index (χ4n) is 2.57. The van der Waals surface area contributed by atoms with Crippen LogP contribution in [0.2, 0.25) is 0 Å². The molecule has 0 atom stereocenters. The van der Waals surface area contributed by atoms with Crippen molar-refractivity contribution in [3.8, 4) is 6.07 Å². The molecule has 3 rings (SSSR count). The molecule has 0 saturated carbocycles. The number of aryl methyl sites for hydroxylation is 1. The molecule has 5 heteroatoms. The van der Waals surface area contributed by atoms with Crippen LogP contribution in [0.5, 0.6) is 0 Å². The Bertz CT molecular complexity index is 941. The van der Waals surface area contributed by atoms with Gasteiger partial charge in [0, 0.05) is 29.7 Å². The first-order chi connectivity index (χ1) is 11.7. The molecule has 0 saturated heterocycles. The van der Waals surface area contributed by atoms with E-state index < -0.39 is 5.91 Å². The molecule has 0 spiro atoms. The van der Waals surface area contributed by atoms with Gasteiger partial charge in [-0.2, -0.15) is 5.26 Å². The summed E-state index contributed by atoms with van der Waals surface area (Å²) in [6.07, 6.45) is 4.09. The zero-order valence-corrected chi connectivity index (χ0v) is 13.3. The SMILES string of the molecule is Cc1ccc(/C=C(/C#N)C(=O)NCCc2c[nH]c3ccccc23)o1. The summed E-state index contributed by atoms with van der Waals surface area (Å²) in [5.74, 6) is 0.834. The van der Waals surface area contributed by atoms with Gasteiger partial charge in [-0.05, 0) is 37.1 Å². The van der Waals surface area contributed by atoms with E-state index >= 15 is 0 Å². The standard InChI is InChI=1S/C19H17N3O2/c1-13-6-7-16(24-13)10-15(11-20)19(23)21-9-8-14-12-22-18-5-3-2-4-17(14)18/h2-7,10,12,22H,8-9H2,1H3,(H,21,23)/b15-10-. The molecular weight excluding hydrogens is 302 g/mol. The maximum Gasteiger partial charge on any atom is 0.262 e. The summed E-state index contributed by atoms with van der Waals surface area (Å²) >= 11 is 0. The molecule has 2 N–H and O–H groups in total. The molecule has 0 radical (unpaired) electrons. The van der Waals surface area contributed by atoms with Crippen LogP contribution in [0.15, 0.2) is 52.6 Å². The average molecular weight is 319 g/mol. The summed E-state index contributed by atoms with van der Waals surface area (Å²) < 4.78 is 5.37. The van der Waals surface area contributed by atoms with Gasteiger partial charge in [-0.3, -0.25) is 4.79 Å². The van der Waals surface area contributed by atoms with Crippen molar-refractivity contribution >= 4 is 22.9 Å². The molecule has 2 aromatic heterocycles. The molecule has 0 fully saturated rings. The van der Waals surface area contributed by atoms with Crippen molar-refractivity contribution in [3.63, 3.8) is 0 Å². The molecule has 3 aromatic rings. The molecule has 1 amide bonds. The number of para-hydroxylation sites is 1. The number of benzene rings is 1. The number of fused-ring (bicyclic) bond motifs is 1. The normalized spacial score (nSPS) is 11.4. The Labute approximate surface area is 139 Å². The number of nitrogens with zero attached hydrogens (tertiary/aromatic N) is 1. The summed E-state index contributed by atoms with van der Waals surface area (Å²) in [6, 6.07) is 13.5. The third kappa shape index (κ3) is 3.39. The van der Waals surface area contributed by atoms with Crippen LogP contribution in [0.3, 0.4) is 0 Å². The summed E-state index contributed by atoms with van der Waals surface area (Å²) in [6.45, 7) is 2.27. The second-order valence-electron chi connectivity index (χ2n) is 5.48. The van der Waals surface area contributed by atoms with Gasteiger partial charge in [0.2, 0.25) is 0 Å². The van der Waals surface area contributed by atoms with Crippen molar-refractivity contribution in [1.82, 2.24) is 10.3 Å². The van der Waals surface area contributed by atoms with E-state index in [0.29, 0.717) is 18.7 Å². The predicted molar refractivity (Wildman–Crippen MR) is 92.0 cm³/mol. The van der Waals surface area contributed by atoms with Crippen LogP contribution in [0.1, 0.15) is 17.1 Å². The topological polar surface area (TPSA) is 81.8 Å². The number of hydrogen-bond acceptors (Lipinski definition) is 3. The number of rotatable bonds is 5. The Morgan fingerprint density at radius 3 is 2.92 bits per heavy atom. The molecule has 120 valence electrons. The van der Waals surface area contributed by atoms with E-state index in [1.54, 1.807) is 12.1 Å². The van der Waals surface area contributed by atoms with Gasteiger partial charge in [0.05, 0.1) is 0 Å². The van der Waals surface area contributed by atoms with Gasteiger partial charge in [0.15, 0.2) is 0 Å². The summed E-state index contributed by atoms with van der Waals surface area (Å²) in [5.41, 5.74) is 2.24. The number of carbonyl (C=O) groups is 1. The Hall–Kier alpha value is -3.26. The number of H-pyrrole nitrogens is 1. The minimum absolute atomic E-state index is 0.0308. The van der Waals surface area contributed by atoms with Crippen LogP contribution in [-0.4, -0.2) is 17.4 Å². The van der Waals surface area contributed by atoms with E-state index in [0.717, 1.165) is 22.2 Å². The highest BCUT2D eigenvalue weighted by molar-refractivity contribution is 6.01. The highest BCUT2D eigenvalue weighted by atomic mass is 16.3. The zero-order valence-electron chi connectivity index (χ0n) is 13.3. The Kier molecular flexibility index (Phi) is 4.48. The van der Waals surface area contributed by atoms with Crippen LogP contribution in [-0.2, 0) is 11.2 Å². The maximum absolute atomic E-state index is 12.1. The number of amides is 1. The predicted octanol–water partition coefficient (Wildman–Crippen LogP) is 3.34. The van der Waals surface area contributed by atoms with Gasteiger partial charge in [-0.1, -0.05) is 18.2 Å². The maximum atomic E-state index is 12.1. The first-order valence-corrected chi connectivity index (χ1v) is 7.69. The first kappa shape index (κ1) is 15.6. The van der Waals surface area contributed by atoms with E-state index in [1.807, 2.05) is 43.5 Å². The molecule has 0 aliphatic carbocycles. The molecule has 0 aliphatic rings. The lowest BCUT2D eigenvalue weighted by atomic mass is 10.1. The fourth-order valence-corrected chi connectivity index (χ4v) is 2.57. The van der Waals surface area contributed by atoms with E-state index in [4.69, 9.17) is 9.68 Å². The quantitative estimate of drug-likeness (QED) is 0.559. The second-order valence-corrected chi connectivity index (χ2v) is 5.48. The first-order valence-electron chi connectivity index (χ1n) is 7.69. The number of aromatic nitrogens is 1. The molecule has 0 bridgehead atoms. The number of furan rings is 1. The van der Waals surface area contributed by atoms with Crippen molar-refractivity contribution in [2.24, 2.45) is 0 Å². The summed E-state index contributed by atoms with van der Waals surface area (Å²) in [7, 11) is 0. The lowest BCUT2D eigenvalue weighted by Gasteiger charge is -2.03. The van der Waals surface area contributed by atoms with Gasteiger partial charge in [0.25, 0.3) is 5.91 Å². The molecular formula is C19H17N3O2. The molecule has 0 unspecified atom stereocenters. The van der Waals surface area contributed by atoms with Crippen molar-refractivity contribution < 1.29 is 9.21 Å². The number of nitrogens with one attached hydrogen (secondary N) is 2. The van der Waals surface area contributed by atoms with Gasteiger partial charge >= 0.3 is 0 Å².